The maximum atomic E-state index is 9.28. The summed E-state index contributed by atoms with van der Waals surface area (Å²) in [6, 6.07) is 15.3. The zero-order valence-corrected chi connectivity index (χ0v) is 12.8. The second-order valence-electron chi connectivity index (χ2n) is 5.04. The van der Waals surface area contributed by atoms with Crippen LogP contribution in [-0.2, 0) is 6.54 Å². The quantitative estimate of drug-likeness (QED) is 0.884. The fourth-order valence-electron chi connectivity index (χ4n) is 1.84. The van der Waals surface area contributed by atoms with Gasteiger partial charge in [0.1, 0.15) is 17.6 Å². The molecule has 0 heterocycles. The van der Waals surface area contributed by atoms with Gasteiger partial charge in [-0.1, -0.05) is 37.6 Å². The summed E-state index contributed by atoms with van der Waals surface area (Å²) < 4.78 is 5.73. The maximum absolute atomic E-state index is 9.28. The van der Waals surface area contributed by atoms with Gasteiger partial charge in [0.05, 0.1) is 5.56 Å². The summed E-state index contributed by atoms with van der Waals surface area (Å²) in [6.45, 7) is 4.90. The zero-order chi connectivity index (χ0) is 15.2. The van der Waals surface area contributed by atoms with Gasteiger partial charge in [-0.05, 0) is 35.9 Å². The Labute approximate surface area is 130 Å². The fraction of sp³-hybridized carbons (Fsp3) is 0.235. The Kier molecular flexibility index (Phi) is 5.21. The van der Waals surface area contributed by atoms with Gasteiger partial charge in [0.2, 0.25) is 0 Å². The zero-order valence-electron chi connectivity index (χ0n) is 12.1. The van der Waals surface area contributed by atoms with Gasteiger partial charge in [0.25, 0.3) is 0 Å². The van der Waals surface area contributed by atoms with E-state index in [1.165, 1.54) is 0 Å². The molecule has 0 amide bonds. The topological polar surface area (TPSA) is 45.0 Å². The number of hydrogen-bond donors (Lipinski definition) is 1. The molecule has 0 fully saturated rings. The van der Waals surface area contributed by atoms with Gasteiger partial charge in [-0.2, -0.15) is 5.26 Å². The summed E-state index contributed by atoms with van der Waals surface area (Å²) in [7, 11) is 0. The molecule has 0 saturated heterocycles. The Morgan fingerprint density at radius 1 is 1.24 bits per heavy atom. The van der Waals surface area contributed by atoms with Crippen molar-refractivity contribution in [1.82, 2.24) is 5.32 Å². The molecule has 2 rings (SSSR count). The van der Waals surface area contributed by atoms with Crippen LogP contribution in [0.4, 0.5) is 0 Å². The second-order valence-corrected chi connectivity index (χ2v) is 5.47. The maximum Gasteiger partial charge on any atom is 0.145 e. The lowest BCUT2D eigenvalue weighted by Crippen LogP contribution is -2.21. The van der Waals surface area contributed by atoms with E-state index in [0.29, 0.717) is 28.1 Å². The van der Waals surface area contributed by atoms with Crippen LogP contribution in [0.25, 0.3) is 0 Å². The molecule has 0 bridgehead atoms. The van der Waals surface area contributed by atoms with Crippen LogP contribution in [0.2, 0.25) is 5.02 Å². The molecule has 0 aliphatic carbocycles. The van der Waals surface area contributed by atoms with Crippen LogP contribution in [-0.4, -0.2) is 6.04 Å². The monoisotopic (exact) mass is 300 g/mol. The molecule has 0 atom stereocenters. The first-order valence-electron chi connectivity index (χ1n) is 6.78. The lowest BCUT2D eigenvalue weighted by Gasteiger charge is -2.11. The van der Waals surface area contributed by atoms with Crippen molar-refractivity contribution in [1.29, 1.82) is 5.26 Å². The third-order valence-electron chi connectivity index (χ3n) is 2.90. The summed E-state index contributed by atoms with van der Waals surface area (Å²) >= 11 is 5.93. The molecule has 0 aliphatic rings. The lowest BCUT2D eigenvalue weighted by atomic mass is 10.1. The normalized spacial score (nSPS) is 10.4. The van der Waals surface area contributed by atoms with Gasteiger partial charge in [0.15, 0.2) is 0 Å². The van der Waals surface area contributed by atoms with E-state index in [1.807, 2.05) is 24.3 Å². The first kappa shape index (κ1) is 15.4. The van der Waals surface area contributed by atoms with Crippen molar-refractivity contribution in [3.8, 4) is 17.6 Å². The van der Waals surface area contributed by atoms with E-state index in [1.54, 1.807) is 18.2 Å². The van der Waals surface area contributed by atoms with Crippen molar-refractivity contribution in [2.45, 2.75) is 26.4 Å². The minimum Gasteiger partial charge on any atom is -0.456 e. The van der Waals surface area contributed by atoms with Crippen LogP contribution in [0.15, 0.2) is 42.5 Å². The Hall–Kier alpha value is -2.02. The third kappa shape index (κ3) is 4.49. The van der Waals surface area contributed by atoms with Crippen molar-refractivity contribution in [2.24, 2.45) is 0 Å². The molecule has 1 N–H and O–H groups in total. The molecule has 0 aliphatic heterocycles. The van der Waals surface area contributed by atoms with Gasteiger partial charge < -0.3 is 10.1 Å². The minimum atomic E-state index is 0.401. The highest BCUT2D eigenvalue weighted by Crippen LogP contribution is 2.27. The van der Waals surface area contributed by atoms with E-state index in [4.69, 9.17) is 16.3 Å². The number of nitriles is 1. The van der Waals surface area contributed by atoms with Crippen LogP contribution in [0, 0.1) is 11.3 Å². The third-order valence-corrected chi connectivity index (χ3v) is 3.14. The van der Waals surface area contributed by atoms with Crippen molar-refractivity contribution in [2.75, 3.05) is 0 Å². The molecule has 0 saturated carbocycles. The van der Waals surface area contributed by atoms with E-state index >= 15 is 0 Å². The van der Waals surface area contributed by atoms with Crippen molar-refractivity contribution >= 4 is 11.6 Å². The molecule has 4 heteroatoms. The Morgan fingerprint density at radius 2 is 2.05 bits per heavy atom. The van der Waals surface area contributed by atoms with Crippen LogP contribution < -0.4 is 10.1 Å². The molecule has 0 aromatic heterocycles. The highest BCUT2D eigenvalue weighted by atomic mass is 35.5. The Bertz CT molecular complexity index is 662. The summed E-state index contributed by atoms with van der Waals surface area (Å²) in [4.78, 5) is 0. The lowest BCUT2D eigenvalue weighted by molar-refractivity contribution is 0.480. The summed E-state index contributed by atoms with van der Waals surface area (Å²) in [6.07, 6.45) is 0. The van der Waals surface area contributed by atoms with E-state index in [2.05, 4.69) is 25.2 Å². The molecular weight excluding hydrogens is 284 g/mol. The fourth-order valence-corrected chi connectivity index (χ4v) is 2.02. The van der Waals surface area contributed by atoms with Crippen molar-refractivity contribution < 1.29 is 4.74 Å². The standard InChI is InChI=1S/C17H17ClN2O/c1-12(2)20-11-13-6-7-17(14(8-13)10-19)21-16-5-3-4-15(18)9-16/h3-9,12,20H,11H2,1-2H3. The van der Waals surface area contributed by atoms with Gasteiger partial charge in [-0.25, -0.2) is 0 Å². The predicted octanol–water partition coefficient (Wildman–Crippen LogP) is 4.50. The first-order valence-corrected chi connectivity index (χ1v) is 7.16. The van der Waals surface area contributed by atoms with E-state index < -0.39 is 0 Å². The molecule has 2 aromatic rings. The van der Waals surface area contributed by atoms with Crippen LogP contribution >= 0.6 is 11.6 Å². The van der Waals surface area contributed by atoms with Crippen molar-refractivity contribution in [3.63, 3.8) is 0 Å². The predicted molar refractivity (Wildman–Crippen MR) is 84.7 cm³/mol. The molecular formula is C17H17ClN2O. The number of rotatable bonds is 5. The second kappa shape index (κ2) is 7.12. The van der Waals surface area contributed by atoms with E-state index in [-0.39, 0.29) is 0 Å². The summed E-state index contributed by atoms with van der Waals surface area (Å²) in [5, 5.41) is 13.2. The molecule has 108 valence electrons. The van der Waals surface area contributed by atoms with Crippen LogP contribution in [0.1, 0.15) is 25.0 Å². The molecule has 0 spiro atoms. The average molecular weight is 301 g/mol. The SMILES string of the molecule is CC(C)NCc1ccc(Oc2cccc(Cl)c2)c(C#N)c1. The van der Waals surface area contributed by atoms with Gasteiger partial charge in [-0.3, -0.25) is 0 Å². The highest BCUT2D eigenvalue weighted by Gasteiger charge is 2.07. The molecule has 2 aromatic carbocycles. The summed E-state index contributed by atoms with van der Waals surface area (Å²) in [5.41, 5.74) is 1.57. The van der Waals surface area contributed by atoms with Crippen LogP contribution in [0.3, 0.4) is 0 Å². The number of ether oxygens (including phenoxy) is 1. The van der Waals surface area contributed by atoms with Gasteiger partial charge >= 0.3 is 0 Å². The number of halogens is 1. The first-order chi connectivity index (χ1) is 10.1. The Balaban J connectivity index is 2.18. The van der Waals surface area contributed by atoms with Gasteiger partial charge in [-0.15, -0.1) is 0 Å². The van der Waals surface area contributed by atoms with Crippen LogP contribution in [0.5, 0.6) is 11.5 Å². The van der Waals surface area contributed by atoms with E-state index in [9.17, 15) is 5.26 Å². The van der Waals surface area contributed by atoms with Crippen molar-refractivity contribution in [3.05, 3.63) is 58.6 Å². The number of benzene rings is 2. The van der Waals surface area contributed by atoms with E-state index in [0.717, 1.165) is 12.1 Å². The smallest absolute Gasteiger partial charge is 0.145 e. The molecule has 0 radical (unpaired) electrons. The number of nitrogens with one attached hydrogen (secondary N) is 1. The minimum absolute atomic E-state index is 0.401. The number of hydrogen-bond acceptors (Lipinski definition) is 3. The molecule has 0 unspecified atom stereocenters. The largest absolute Gasteiger partial charge is 0.456 e. The van der Waals surface area contributed by atoms with Gasteiger partial charge in [0, 0.05) is 17.6 Å². The molecule has 21 heavy (non-hydrogen) atoms. The summed E-state index contributed by atoms with van der Waals surface area (Å²) in [5.74, 6) is 1.15. The average Bonchev–Trinajstić information content (AvgIpc) is 2.46. The highest BCUT2D eigenvalue weighted by molar-refractivity contribution is 6.30. The Morgan fingerprint density at radius 3 is 2.71 bits per heavy atom. The number of nitrogens with zero attached hydrogens (tertiary/aromatic N) is 1. The molecule has 3 nitrogen and oxygen atoms in total.